The summed E-state index contributed by atoms with van der Waals surface area (Å²) in [4.78, 5) is 87.7. The average Bonchev–Trinajstić information content (AvgIpc) is 3.68. The van der Waals surface area contributed by atoms with E-state index in [1.807, 2.05) is 0 Å². The summed E-state index contributed by atoms with van der Waals surface area (Å²) in [5.74, 6) is -1.17. The molecule has 3 aromatic rings. The van der Waals surface area contributed by atoms with Crippen LogP contribution in [0, 0.1) is 5.41 Å². The van der Waals surface area contributed by atoms with Crippen LogP contribution in [0.3, 0.4) is 0 Å². The molecular weight excluding hydrogens is 831 g/mol. The number of aliphatic hydroxyl groups is 2. The Morgan fingerprint density at radius 3 is 2.38 bits per heavy atom. The van der Waals surface area contributed by atoms with Gasteiger partial charge < -0.3 is 50.9 Å². The molecule has 0 aliphatic carbocycles. The zero-order valence-corrected chi connectivity index (χ0v) is 33.0. The van der Waals surface area contributed by atoms with Crippen molar-refractivity contribution in [3.8, 4) is 0 Å². The quantitative estimate of drug-likeness (QED) is 0.0532. The van der Waals surface area contributed by atoms with E-state index in [-0.39, 0.29) is 41.6 Å². The predicted octanol–water partition coefficient (Wildman–Crippen LogP) is -0.0215. The Bertz CT molecular complexity index is 2000. The molecule has 28 heteroatoms. The molecule has 1 aliphatic heterocycles. The second-order valence-corrected chi connectivity index (χ2v) is 17.9. The Balaban J connectivity index is 1.23. The number of benzene rings is 1. The van der Waals surface area contributed by atoms with Crippen LogP contribution in [-0.4, -0.2) is 123 Å². The number of nitrogen functional groups attached to an aromatic ring is 1. The maximum Gasteiger partial charge on any atom is 0.481 e. The van der Waals surface area contributed by atoms with E-state index in [1.165, 1.54) is 13.8 Å². The van der Waals surface area contributed by atoms with Crippen molar-refractivity contribution in [3.05, 3.63) is 48.5 Å². The number of amides is 2. The predicted molar refractivity (Wildman–Crippen MR) is 193 cm³/mol. The molecule has 24 nitrogen and oxygen atoms in total. The minimum atomic E-state index is -5.57. The van der Waals surface area contributed by atoms with E-state index < -0.39 is 84.6 Å². The second-order valence-electron chi connectivity index (χ2n) is 12.6. The molecule has 2 amide bonds. The molecule has 0 radical (unpaired) electrons. The van der Waals surface area contributed by atoms with Gasteiger partial charge in [-0.15, -0.1) is 0 Å². The molecule has 310 valence electrons. The maximum absolute atomic E-state index is 12.7. The van der Waals surface area contributed by atoms with Crippen LogP contribution in [0.15, 0.2) is 43.0 Å². The first-order valence-electron chi connectivity index (χ1n) is 16.2. The highest BCUT2D eigenvalue weighted by Gasteiger charge is 2.50. The van der Waals surface area contributed by atoms with Crippen LogP contribution in [0.4, 0.5) is 5.82 Å². The molecule has 0 bridgehead atoms. The van der Waals surface area contributed by atoms with Gasteiger partial charge in [0.1, 0.15) is 36.3 Å². The van der Waals surface area contributed by atoms with E-state index in [1.54, 1.807) is 30.3 Å². The number of aliphatic hydroxyl groups excluding tert-OH is 2. The van der Waals surface area contributed by atoms with Gasteiger partial charge in [-0.1, -0.05) is 55.9 Å². The maximum atomic E-state index is 12.7. The van der Waals surface area contributed by atoms with Crippen molar-refractivity contribution in [1.29, 1.82) is 0 Å². The van der Waals surface area contributed by atoms with Crippen LogP contribution >= 0.6 is 35.2 Å². The lowest BCUT2D eigenvalue weighted by atomic mass is 9.87. The van der Waals surface area contributed by atoms with Crippen LogP contribution in [0.1, 0.15) is 36.9 Å². The fourth-order valence-corrected chi connectivity index (χ4v) is 8.45. The van der Waals surface area contributed by atoms with Crippen LogP contribution in [0.2, 0.25) is 0 Å². The zero-order chi connectivity index (χ0) is 41.5. The van der Waals surface area contributed by atoms with Gasteiger partial charge in [-0.3, -0.25) is 32.5 Å². The summed E-state index contributed by atoms with van der Waals surface area (Å²) < 4.78 is 62.1. The van der Waals surface area contributed by atoms with Gasteiger partial charge in [0.15, 0.2) is 17.7 Å². The van der Waals surface area contributed by atoms with Crippen molar-refractivity contribution in [1.82, 2.24) is 30.2 Å². The molecular formula is C28H40N7O17P3S. The Morgan fingerprint density at radius 2 is 1.70 bits per heavy atom. The number of nitrogens with zero attached hydrogens (tertiary/aromatic N) is 4. The standard InChI is InChI=1S/C28H40N7O17P3S/c1-28(2,22(38)25(39)31-9-8-18(36)30-10-11-56-27(40)16-6-4-3-5-7-16)13-49-55(46,47)52-54(44,45)48-12-17-21(51-53(41,42)43)20(37)26(50-17)35-15-34-19-23(29)32-14-33-24(19)35/h3-7,14-15,17,20-22,26,37-38H,8-13H2,1-2H3,(H,30,36)(H,31,39)(H,44,45)(H,46,47)(H2,29,32,33)(H2,41,42,43)/t17-,20-,21-,22+,26-/m1/s1. The summed E-state index contributed by atoms with van der Waals surface area (Å²) in [6.07, 6.45) is -6.94. The zero-order valence-electron chi connectivity index (χ0n) is 29.5. The van der Waals surface area contributed by atoms with Crippen molar-refractivity contribution in [2.45, 2.75) is 50.9 Å². The third-order valence-corrected chi connectivity index (χ3v) is 11.8. The first kappa shape index (κ1) is 45.5. The lowest BCUT2D eigenvalue weighted by molar-refractivity contribution is -0.137. The minimum absolute atomic E-state index is 0.0292. The Morgan fingerprint density at radius 1 is 1.02 bits per heavy atom. The molecule has 4 rings (SSSR count). The van der Waals surface area contributed by atoms with E-state index in [4.69, 9.17) is 19.5 Å². The van der Waals surface area contributed by atoms with Crippen molar-refractivity contribution < 1.29 is 80.5 Å². The molecule has 1 aromatic carbocycles. The van der Waals surface area contributed by atoms with Crippen LogP contribution in [0.25, 0.3) is 11.2 Å². The summed E-state index contributed by atoms with van der Waals surface area (Å²) >= 11 is 1.02. The lowest BCUT2D eigenvalue weighted by Gasteiger charge is -2.30. The fraction of sp³-hybridized carbons (Fsp3) is 0.500. The molecule has 0 spiro atoms. The third kappa shape index (κ3) is 12.9. The van der Waals surface area contributed by atoms with Gasteiger partial charge in [0.2, 0.25) is 16.9 Å². The van der Waals surface area contributed by atoms with Gasteiger partial charge >= 0.3 is 23.5 Å². The fourth-order valence-electron chi connectivity index (χ4n) is 4.93. The SMILES string of the molecule is CC(C)(COP(=O)(O)OP(=O)(O)OC[C@H]1O[C@@H](n2cnc3c(N)ncnc32)[C@H](O)[C@@H]1OP(=O)(O)O)[C@@H](O)C(=O)NCCC(=O)NCCSC(=O)c1ccccc1. The first-order valence-corrected chi connectivity index (χ1v) is 21.7. The smallest absolute Gasteiger partial charge is 0.386 e. The normalized spacial score (nSPS) is 21.6. The largest absolute Gasteiger partial charge is 0.481 e. The van der Waals surface area contributed by atoms with Gasteiger partial charge in [-0.05, 0) is 0 Å². The summed E-state index contributed by atoms with van der Waals surface area (Å²) in [6, 6.07) is 8.58. The Hall–Kier alpha value is -3.22. The van der Waals surface area contributed by atoms with Gasteiger partial charge in [-0.25, -0.2) is 28.6 Å². The topological polar surface area (TPSA) is 364 Å². The molecule has 7 atom stereocenters. The van der Waals surface area contributed by atoms with Crippen LogP contribution in [0.5, 0.6) is 0 Å². The molecule has 2 unspecified atom stereocenters. The highest BCUT2D eigenvalue weighted by Crippen LogP contribution is 2.61. The number of thioether (sulfide) groups is 1. The van der Waals surface area contributed by atoms with E-state index >= 15 is 0 Å². The number of ether oxygens (including phenoxy) is 1. The monoisotopic (exact) mass is 871 g/mol. The number of carbonyl (C=O) groups is 3. The first-order chi connectivity index (χ1) is 26.1. The molecule has 3 heterocycles. The van der Waals surface area contributed by atoms with E-state index in [9.17, 15) is 57.9 Å². The molecule has 2 aromatic heterocycles. The molecule has 0 saturated carbocycles. The molecule has 56 heavy (non-hydrogen) atoms. The summed E-state index contributed by atoms with van der Waals surface area (Å²) in [5.41, 5.74) is 4.78. The molecule has 10 N–H and O–H groups in total. The number of aromatic nitrogens is 4. The summed E-state index contributed by atoms with van der Waals surface area (Å²) in [5, 5.41) is 26.2. The lowest BCUT2D eigenvalue weighted by Crippen LogP contribution is -2.46. The number of hydrogen-bond donors (Lipinski definition) is 9. The molecule has 1 saturated heterocycles. The van der Waals surface area contributed by atoms with E-state index in [0.717, 1.165) is 29.0 Å². The van der Waals surface area contributed by atoms with E-state index in [0.29, 0.717) is 11.3 Å². The van der Waals surface area contributed by atoms with Crippen LogP contribution < -0.4 is 16.4 Å². The number of imidazole rings is 1. The Kier molecular flexibility index (Phi) is 15.4. The van der Waals surface area contributed by atoms with Crippen molar-refractivity contribution >= 4 is 69.1 Å². The number of anilines is 1. The number of hydrogen-bond acceptors (Lipinski definition) is 18. The number of phosphoric ester groups is 3. The summed E-state index contributed by atoms with van der Waals surface area (Å²) in [6.45, 7) is 0.448. The highest BCUT2D eigenvalue weighted by molar-refractivity contribution is 8.14. The molecule has 1 aliphatic rings. The number of fused-ring (bicyclic) bond motifs is 1. The third-order valence-electron chi connectivity index (χ3n) is 7.74. The van der Waals surface area contributed by atoms with Crippen molar-refractivity contribution in [3.63, 3.8) is 0 Å². The van der Waals surface area contributed by atoms with Crippen molar-refractivity contribution in [2.75, 3.05) is 37.8 Å². The van der Waals surface area contributed by atoms with Gasteiger partial charge in [-0.2, -0.15) is 4.31 Å². The van der Waals surface area contributed by atoms with Gasteiger partial charge in [0.25, 0.3) is 0 Å². The Labute approximate surface area is 321 Å². The number of nitrogens with one attached hydrogen (secondary N) is 2. The second kappa shape index (κ2) is 19.0. The minimum Gasteiger partial charge on any atom is -0.386 e. The number of nitrogens with two attached hydrogens (primary N) is 1. The van der Waals surface area contributed by atoms with Gasteiger partial charge in [0.05, 0.1) is 19.5 Å². The highest BCUT2D eigenvalue weighted by atomic mass is 32.2. The number of carbonyl (C=O) groups excluding carboxylic acids is 3. The van der Waals surface area contributed by atoms with E-state index in [2.05, 4.69) is 34.4 Å². The van der Waals surface area contributed by atoms with Gasteiger partial charge in [0, 0.05) is 36.2 Å². The number of phosphoric acid groups is 3. The van der Waals surface area contributed by atoms with Crippen molar-refractivity contribution in [2.24, 2.45) is 5.41 Å². The number of rotatable bonds is 20. The average molecular weight is 872 g/mol. The molecule has 1 fully saturated rings. The summed E-state index contributed by atoms with van der Waals surface area (Å²) in [7, 11) is -16.4. The van der Waals surface area contributed by atoms with Crippen LogP contribution in [-0.2, 0) is 45.9 Å².